The molecule has 0 amide bonds. The second-order valence-corrected chi connectivity index (χ2v) is 4.90. The quantitative estimate of drug-likeness (QED) is 0.811. The molecule has 0 saturated carbocycles. The highest BCUT2D eigenvalue weighted by molar-refractivity contribution is 7.18. The maximum absolute atomic E-state index is 5.13. The predicted molar refractivity (Wildman–Crippen MR) is 75.3 cm³/mol. The van der Waals surface area contributed by atoms with Gasteiger partial charge in [0.05, 0.1) is 7.11 Å². The lowest BCUT2D eigenvalue weighted by molar-refractivity contribution is 0.415. The lowest BCUT2D eigenvalue weighted by atomic mass is 10.2. The fourth-order valence-corrected chi connectivity index (χ4v) is 2.29. The van der Waals surface area contributed by atoms with E-state index in [2.05, 4.69) is 22.4 Å². The van der Waals surface area contributed by atoms with Gasteiger partial charge in [0.25, 0.3) is 0 Å². The second kappa shape index (κ2) is 6.35. The van der Waals surface area contributed by atoms with E-state index in [-0.39, 0.29) is 0 Å². The summed E-state index contributed by atoms with van der Waals surface area (Å²) in [5.74, 6) is 0.851. The SMILES string of the molecule is CCCCNc1nnc(-c2ccc(OC)cc2)s1. The second-order valence-electron chi connectivity index (χ2n) is 3.92. The molecule has 0 atom stereocenters. The Hall–Kier alpha value is -1.62. The van der Waals surface area contributed by atoms with Gasteiger partial charge in [0.2, 0.25) is 5.13 Å². The molecular weight excluding hydrogens is 246 g/mol. The summed E-state index contributed by atoms with van der Waals surface area (Å²) < 4.78 is 5.13. The molecule has 1 aromatic carbocycles. The van der Waals surface area contributed by atoms with E-state index in [0.717, 1.165) is 34.4 Å². The Morgan fingerprint density at radius 3 is 2.67 bits per heavy atom. The van der Waals surface area contributed by atoms with Gasteiger partial charge in [0.1, 0.15) is 10.8 Å². The first-order valence-electron chi connectivity index (χ1n) is 6.05. The van der Waals surface area contributed by atoms with E-state index in [1.807, 2.05) is 24.3 Å². The molecule has 0 aliphatic carbocycles. The van der Waals surface area contributed by atoms with Crippen LogP contribution in [0.3, 0.4) is 0 Å². The molecule has 1 aromatic heterocycles. The Kier molecular flexibility index (Phi) is 4.52. The molecule has 1 N–H and O–H groups in total. The van der Waals surface area contributed by atoms with Crippen LogP contribution in [-0.4, -0.2) is 23.9 Å². The minimum Gasteiger partial charge on any atom is -0.497 e. The molecule has 0 spiro atoms. The summed E-state index contributed by atoms with van der Waals surface area (Å²) in [4.78, 5) is 0. The zero-order chi connectivity index (χ0) is 12.8. The van der Waals surface area contributed by atoms with E-state index < -0.39 is 0 Å². The number of nitrogens with zero attached hydrogens (tertiary/aromatic N) is 2. The smallest absolute Gasteiger partial charge is 0.206 e. The fourth-order valence-electron chi connectivity index (χ4n) is 1.52. The highest BCUT2D eigenvalue weighted by Crippen LogP contribution is 2.27. The highest BCUT2D eigenvalue weighted by atomic mass is 32.1. The third-order valence-electron chi connectivity index (χ3n) is 2.57. The summed E-state index contributed by atoms with van der Waals surface area (Å²) in [5, 5.41) is 13.4. The van der Waals surface area contributed by atoms with Crippen LogP contribution in [0.2, 0.25) is 0 Å². The molecule has 0 bridgehead atoms. The van der Waals surface area contributed by atoms with Crippen molar-refractivity contribution in [2.75, 3.05) is 19.0 Å². The van der Waals surface area contributed by atoms with Crippen molar-refractivity contribution >= 4 is 16.5 Å². The first kappa shape index (κ1) is 12.8. The van der Waals surface area contributed by atoms with Crippen molar-refractivity contribution in [3.8, 4) is 16.3 Å². The lowest BCUT2D eigenvalue weighted by Crippen LogP contribution is -1.99. The van der Waals surface area contributed by atoms with Gasteiger partial charge < -0.3 is 10.1 Å². The van der Waals surface area contributed by atoms with Crippen LogP contribution in [-0.2, 0) is 0 Å². The first-order valence-corrected chi connectivity index (χ1v) is 6.87. The number of unbranched alkanes of at least 4 members (excludes halogenated alkanes) is 1. The van der Waals surface area contributed by atoms with E-state index in [9.17, 15) is 0 Å². The van der Waals surface area contributed by atoms with Crippen LogP contribution in [0.15, 0.2) is 24.3 Å². The minimum absolute atomic E-state index is 0.851. The van der Waals surface area contributed by atoms with Crippen molar-refractivity contribution in [3.63, 3.8) is 0 Å². The molecule has 2 aromatic rings. The molecule has 2 rings (SSSR count). The molecule has 0 aliphatic rings. The summed E-state index contributed by atoms with van der Waals surface area (Å²) in [7, 11) is 1.66. The van der Waals surface area contributed by atoms with Crippen LogP contribution >= 0.6 is 11.3 Å². The van der Waals surface area contributed by atoms with Gasteiger partial charge in [-0.1, -0.05) is 24.7 Å². The Labute approximate surface area is 111 Å². The molecule has 4 nitrogen and oxygen atoms in total. The summed E-state index contributed by atoms with van der Waals surface area (Å²) in [6, 6.07) is 7.85. The average molecular weight is 263 g/mol. The van der Waals surface area contributed by atoms with E-state index in [1.165, 1.54) is 6.42 Å². The van der Waals surface area contributed by atoms with Gasteiger partial charge in [0, 0.05) is 12.1 Å². The van der Waals surface area contributed by atoms with Crippen molar-refractivity contribution in [1.82, 2.24) is 10.2 Å². The maximum atomic E-state index is 5.13. The number of nitrogens with one attached hydrogen (secondary N) is 1. The zero-order valence-electron chi connectivity index (χ0n) is 10.6. The fraction of sp³-hybridized carbons (Fsp3) is 0.385. The number of hydrogen-bond acceptors (Lipinski definition) is 5. The standard InChI is InChI=1S/C13H17N3OS/c1-3-4-9-14-13-16-15-12(18-13)10-5-7-11(17-2)8-6-10/h5-8H,3-4,9H2,1-2H3,(H,14,16). The molecule has 0 radical (unpaired) electrons. The largest absolute Gasteiger partial charge is 0.497 e. The molecule has 18 heavy (non-hydrogen) atoms. The van der Waals surface area contributed by atoms with Crippen LogP contribution in [0.25, 0.3) is 10.6 Å². The van der Waals surface area contributed by atoms with E-state index in [4.69, 9.17) is 4.74 Å². The van der Waals surface area contributed by atoms with Crippen LogP contribution in [0, 0.1) is 0 Å². The van der Waals surface area contributed by atoms with Gasteiger partial charge in [0.15, 0.2) is 0 Å². The normalized spacial score (nSPS) is 10.3. The van der Waals surface area contributed by atoms with Gasteiger partial charge >= 0.3 is 0 Å². The Balaban J connectivity index is 2.04. The third-order valence-corrected chi connectivity index (χ3v) is 3.50. The van der Waals surface area contributed by atoms with Gasteiger partial charge in [-0.05, 0) is 30.7 Å². The number of hydrogen-bond donors (Lipinski definition) is 1. The van der Waals surface area contributed by atoms with E-state index >= 15 is 0 Å². The number of aromatic nitrogens is 2. The molecule has 96 valence electrons. The molecule has 1 heterocycles. The molecular formula is C13H17N3OS. The van der Waals surface area contributed by atoms with Crippen LogP contribution in [0.5, 0.6) is 5.75 Å². The summed E-state index contributed by atoms with van der Waals surface area (Å²) >= 11 is 1.58. The van der Waals surface area contributed by atoms with Crippen molar-refractivity contribution in [2.45, 2.75) is 19.8 Å². The summed E-state index contributed by atoms with van der Waals surface area (Å²) in [6.45, 7) is 3.12. The van der Waals surface area contributed by atoms with Gasteiger partial charge in [-0.3, -0.25) is 0 Å². The Morgan fingerprint density at radius 2 is 2.00 bits per heavy atom. The lowest BCUT2D eigenvalue weighted by Gasteiger charge is -2.00. The van der Waals surface area contributed by atoms with Crippen molar-refractivity contribution < 1.29 is 4.74 Å². The molecule has 0 fully saturated rings. The predicted octanol–water partition coefficient (Wildman–Crippen LogP) is 3.43. The zero-order valence-corrected chi connectivity index (χ0v) is 11.5. The highest BCUT2D eigenvalue weighted by Gasteiger charge is 2.06. The summed E-state index contributed by atoms with van der Waals surface area (Å²) in [6.07, 6.45) is 2.33. The summed E-state index contributed by atoms with van der Waals surface area (Å²) in [5.41, 5.74) is 1.07. The van der Waals surface area contributed by atoms with Crippen molar-refractivity contribution in [2.24, 2.45) is 0 Å². The van der Waals surface area contributed by atoms with E-state index in [0.29, 0.717) is 0 Å². The van der Waals surface area contributed by atoms with Crippen LogP contribution in [0.4, 0.5) is 5.13 Å². The van der Waals surface area contributed by atoms with Crippen LogP contribution in [0.1, 0.15) is 19.8 Å². The van der Waals surface area contributed by atoms with Gasteiger partial charge in [-0.15, -0.1) is 10.2 Å². The molecule has 0 unspecified atom stereocenters. The topological polar surface area (TPSA) is 47.0 Å². The van der Waals surface area contributed by atoms with Crippen LogP contribution < -0.4 is 10.1 Å². The maximum Gasteiger partial charge on any atom is 0.206 e. The monoisotopic (exact) mass is 263 g/mol. The molecule has 0 aliphatic heterocycles. The number of anilines is 1. The van der Waals surface area contributed by atoms with Crippen molar-refractivity contribution in [1.29, 1.82) is 0 Å². The number of ether oxygens (including phenoxy) is 1. The number of methoxy groups -OCH3 is 1. The number of benzene rings is 1. The minimum atomic E-state index is 0.851. The Bertz CT molecular complexity index is 481. The van der Waals surface area contributed by atoms with Gasteiger partial charge in [-0.2, -0.15) is 0 Å². The Morgan fingerprint density at radius 1 is 1.22 bits per heavy atom. The first-order chi connectivity index (χ1) is 8.83. The molecule has 5 heteroatoms. The number of rotatable bonds is 6. The van der Waals surface area contributed by atoms with E-state index in [1.54, 1.807) is 18.4 Å². The average Bonchev–Trinajstić information content (AvgIpc) is 2.88. The molecule has 0 saturated heterocycles. The third kappa shape index (κ3) is 3.20. The van der Waals surface area contributed by atoms with Crippen molar-refractivity contribution in [3.05, 3.63) is 24.3 Å². The van der Waals surface area contributed by atoms with Gasteiger partial charge in [-0.25, -0.2) is 0 Å².